The van der Waals surface area contributed by atoms with Crippen molar-refractivity contribution < 1.29 is 4.79 Å². The number of benzene rings is 2. The molecule has 3 aliphatic heterocycles. The third-order valence-corrected chi connectivity index (χ3v) is 7.22. The van der Waals surface area contributed by atoms with Gasteiger partial charge in [0.2, 0.25) is 5.91 Å². The maximum Gasteiger partial charge on any atom is 0.284 e. The maximum atomic E-state index is 13.4. The molecule has 1 N–H and O–H groups in total. The average molecular weight is 474 g/mol. The molecule has 0 saturated carbocycles. The van der Waals surface area contributed by atoms with Gasteiger partial charge in [0.25, 0.3) is 5.56 Å². The van der Waals surface area contributed by atoms with E-state index in [9.17, 15) is 9.59 Å². The first-order chi connectivity index (χ1) is 16.6. The number of rotatable bonds is 6. The van der Waals surface area contributed by atoms with Crippen molar-refractivity contribution in [2.45, 2.75) is 56.1 Å². The fourth-order valence-corrected chi connectivity index (χ4v) is 5.30. The van der Waals surface area contributed by atoms with Crippen LogP contribution in [0, 0.1) is 0 Å². The monoisotopic (exact) mass is 473 g/mol. The van der Waals surface area contributed by atoms with Gasteiger partial charge in [-0.05, 0) is 43.9 Å². The molecule has 0 aliphatic carbocycles. The highest BCUT2D eigenvalue weighted by atomic mass is 32.2. The number of fused-ring (bicyclic) bond motifs is 3. The molecule has 0 bridgehead atoms. The minimum Gasteiger partial charge on any atom is -0.351 e. The molecule has 1 atom stereocenters. The molecule has 2 aromatic rings. The van der Waals surface area contributed by atoms with Crippen LogP contribution < -0.4 is 10.9 Å². The first-order valence-corrected chi connectivity index (χ1v) is 12.6. The zero-order valence-electron chi connectivity index (χ0n) is 19.1. The molecule has 2 aromatic carbocycles. The molecule has 8 heteroatoms. The molecule has 0 aromatic heterocycles. The average Bonchev–Trinajstić information content (AvgIpc) is 3.03. The van der Waals surface area contributed by atoms with Gasteiger partial charge >= 0.3 is 0 Å². The molecule has 34 heavy (non-hydrogen) atoms. The highest BCUT2D eigenvalue weighted by Gasteiger charge is 2.28. The molecule has 1 unspecified atom stereocenters. The lowest BCUT2D eigenvalue weighted by Gasteiger charge is -2.19. The summed E-state index contributed by atoms with van der Waals surface area (Å²) in [4.78, 5) is 31.0. The van der Waals surface area contributed by atoms with Crippen LogP contribution in [-0.2, 0) is 24.3 Å². The largest absolute Gasteiger partial charge is 0.351 e. The SMILES string of the molecule is CC(Sc1nc2nn(-c3ccccc3)c(=O)c-2c2n1CCCCC2)C(=O)NCc1ccccc1. The quantitative estimate of drug-likeness (QED) is 0.337. The van der Waals surface area contributed by atoms with Crippen LogP contribution in [0.5, 0.6) is 0 Å². The Balaban J connectivity index is 1.47. The Morgan fingerprint density at radius 2 is 1.79 bits per heavy atom. The molecular weight excluding hydrogens is 446 g/mol. The number of carbonyl (C=O) groups excluding carboxylic acids is 1. The standard InChI is InChI=1S/C26H27N5O2S/c1-18(24(32)27-17-19-11-5-2-6-12-19)34-26-28-23-22(21-15-9-4-10-16-30(21)26)25(33)31(29-23)20-13-7-3-8-14-20/h2-3,5-8,11-14,18H,4,9-10,15-17H2,1H3,(H,27,32). The highest BCUT2D eigenvalue weighted by molar-refractivity contribution is 8.00. The first-order valence-electron chi connectivity index (χ1n) is 11.7. The summed E-state index contributed by atoms with van der Waals surface area (Å²) in [5.74, 6) is 0.402. The number of amides is 1. The number of thioether (sulfide) groups is 1. The van der Waals surface area contributed by atoms with Crippen LogP contribution in [0.4, 0.5) is 0 Å². The number of para-hydroxylation sites is 1. The van der Waals surface area contributed by atoms with Crippen LogP contribution in [0.2, 0.25) is 0 Å². The Labute approximate surface area is 202 Å². The highest BCUT2D eigenvalue weighted by Crippen LogP contribution is 2.32. The van der Waals surface area contributed by atoms with Gasteiger partial charge in [-0.25, -0.2) is 4.98 Å². The molecule has 0 radical (unpaired) electrons. The van der Waals surface area contributed by atoms with Gasteiger partial charge in [-0.15, -0.1) is 5.10 Å². The van der Waals surface area contributed by atoms with E-state index in [0.29, 0.717) is 17.9 Å². The van der Waals surface area contributed by atoms with Gasteiger partial charge in [0.1, 0.15) is 5.56 Å². The number of nitrogens with one attached hydrogen (secondary N) is 1. The number of aromatic nitrogens is 4. The number of carbonyl (C=O) groups is 1. The third kappa shape index (κ3) is 4.50. The van der Waals surface area contributed by atoms with Crippen molar-refractivity contribution in [2.75, 3.05) is 0 Å². The van der Waals surface area contributed by atoms with Crippen molar-refractivity contribution in [3.63, 3.8) is 0 Å². The summed E-state index contributed by atoms with van der Waals surface area (Å²) < 4.78 is 3.58. The lowest BCUT2D eigenvalue weighted by molar-refractivity contribution is -0.120. The van der Waals surface area contributed by atoms with Gasteiger partial charge in [-0.3, -0.25) is 9.59 Å². The lowest BCUT2D eigenvalue weighted by atomic mass is 10.1. The van der Waals surface area contributed by atoms with Crippen LogP contribution in [-0.4, -0.2) is 30.5 Å². The van der Waals surface area contributed by atoms with Crippen LogP contribution in [0.3, 0.4) is 0 Å². The van der Waals surface area contributed by atoms with E-state index in [2.05, 4.69) is 15.0 Å². The summed E-state index contributed by atoms with van der Waals surface area (Å²) in [7, 11) is 0. The summed E-state index contributed by atoms with van der Waals surface area (Å²) in [6.45, 7) is 3.17. The van der Waals surface area contributed by atoms with Crippen molar-refractivity contribution in [1.29, 1.82) is 0 Å². The summed E-state index contributed by atoms with van der Waals surface area (Å²) in [6.07, 6.45) is 3.94. The first kappa shape index (κ1) is 22.4. The van der Waals surface area contributed by atoms with Gasteiger partial charge in [0.05, 0.1) is 10.9 Å². The summed E-state index contributed by atoms with van der Waals surface area (Å²) in [5.41, 5.74) is 3.22. The van der Waals surface area contributed by atoms with Crippen LogP contribution >= 0.6 is 11.8 Å². The molecule has 174 valence electrons. The Bertz CT molecular complexity index is 1320. The van der Waals surface area contributed by atoms with Crippen molar-refractivity contribution in [2.24, 2.45) is 0 Å². The van der Waals surface area contributed by atoms with Gasteiger partial charge in [0.15, 0.2) is 11.0 Å². The molecule has 0 fully saturated rings. The molecule has 3 heterocycles. The fourth-order valence-electron chi connectivity index (χ4n) is 4.33. The van der Waals surface area contributed by atoms with Crippen molar-refractivity contribution in [1.82, 2.24) is 24.6 Å². The number of nitrogens with zero attached hydrogens (tertiary/aromatic N) is 4. The van der Waals surface area contributed by atoms with Crippen molar-refractivity contribution >= 4 is 17.7 Å². The van der Waals surface area contributed by atoms with Crippen molar-refractivity contribution in [3.8, 4) is 17.1 Å². The fraction of sp³-hybridized carbons (Fsp3) is 0.308. The molecular formula is C26H27N5O2S. The van der Waals surface area contributed by atoms with E-state index >= 15 is 0 Å². The Kier molecular flexibility index (Phi) is 6.49. The van der Waals surface area contributed by atoms with Gasteiger partial charge in [0, 0.05) is 18.8 Å². The topological polar surface area (TPSA) is 81.8 Å². The van der Waals surface area contributed by atoms with E-state index < -0.39 is 0 Å². The van der Waals surface area contributed by atoms with Gasteiger partial charge in [-0.1, -0.05) is 66.7 Å². The molecule has 5 rings (SSSR count). The minimum atomic E-state index is -0.337. The number of hydrogen-bond acceptors (Lipinski definition) is 5. The van der Waals surface area contributed by atoms with E-state index in [1.165, 1.54) is 16.4 Å². The Morgan fingerprint density at radius 1 is 1.06 bits per heavy atom. The zero-order chi connectivity index (χ0) is 23.5. The summed E-state index contributed by atoms with van der Waals surface area (Å²) in [5, 5.41) is 8.00. The number of hydrogen-bond donors (Lipinski definition) is 1. The Morgan fingerprint density at radius 3 is 2.56 bits per heavy atom. The van der Waals surface area contributed by atoms with E-state index in [-0.39, 0.29) is 16.7 Å². The smallest absolute Gasteiger partial charge is 0.284 e. The predicted octanol–water partition coefficient (Wildman–Crippen LogP) is 4.06. The van der Waals surface area contributed by atoms with Crippen LogP contribution in [0.15, 0.2) is 70.6 Å². The zero-order valence-corrected chi connectivity index (χ0v) is 19.9. The van der Waals surface area contributed by atoms with E-state index in [0.717, 1.165) is 54.3 Å². The molecule has 1 amide bonds. The summed E-state index contributed by atoms with van der Waals surface area (Å²) >= 11 is 1.42. The van der Waals surface area contributed by atoms with Gasteiger partial charge < -0.3 is 9.88 Å². The second-order valence-corrected chi connectivity index (χ2v) is 9.83. The van der Waals surface area contributed by atoms with E-state index in [1.807, 2.05) is 67.6 Å². The van der Waals surface area contributed by atoms with E-state index in [4.69, 9.17) is 4.98 Å². The van der Waals surface area contributed by atoms with Gasteiger partial charge in [-0.2, -0.15) is 4.68 Å². The van der Waals surface area contributed by atoms with Crippen LogP contribution in [0.1, 0.15) is 37.4 Å². The molecule has 3 aliphatic rings. The predicted molar refractivity (Wildman–Crippen MR) is 133 cm³/mol. The van der Waals surface area contributed by atoms with E-state index in [1.54, 1.807) is 0 Å². The molecule has 0 spiro atoms. The third-order valence-electron chi connectivity index (χ3n) is 6.13. The summed E-state index contributed by atoms with van der Waals surface area (Å²) in [6, 6.07) is 19.3. The normalized spacial score (nSPS) is 14.4. The second-order valence-electron chi connectivity index (χ2n) is 8.52. The van der Waals surface area contributed by atoms with Crippen molar-refractivity contribution in [3.05, 3.63) is 82.3 Å². The second kappa shape index (κ2) is 9.85. The maximum absolute atomic E-state index is 13.4. The lowest BCUT2D eigenvalue weighted by Crippen LogP contribution is -2.31. The Hall–Kier alpha value is -3.39. The molecule has 0 saturated heterocycles. The molecule has 7 nitrogen and oxygen atoms in total. The minimum absolute atomic E-state index is 0.0435. The van der Waals surface area contributed by atoms with Crippen LogP contribution in [0.25, 0.3) is 17.1 Å².